The molecule has 0 fully saturated rings. The first-order valence-electron chi connectivity index (χ1n) is 8.39. The van der Waals surface area contributed by atoms with E-state index in [1.807, 2.05) is 0 Å². The van der Waals surface area contributed by atoms with E-state index in [4.69, 9.17) is 4.74 Å². The zero-order valence-corrected chi connectivity index (χ0v) is 16.4. The Morgan fingerprint density at radius 2 is 1.78 bits per heavy atom. The summed E-state index contributed by atoms with van der Waals surface area (Å²) in [6, 6.07) is 11.6. The van der Waals surface area contributed by atoms with E-state index in [9.17, 15) is 12.8 Å². The third kappa shape index (κ3) is 6.25. The van der Waals surface area contributed by atoms with E-state index in [0.29, 0.717) is 30.4 Å². The number of benzene rings is 2. The van der Waals surface area contributed by atoms with Crippen LogP contribution < -0.4 is 15.4 Å². The Balaban J connectivity index is 1.83. The van der Waals surface area contributed by atoms with E-state index in [2.05, 4.69) is 15.6 Å². The minimum absolute atomic E-state index is 0.211. The van der Waals surface area contributed by atoms with E-state index in [-0.39, 0.29) is 5.75 Å². The van der Waals surface area contributed by atoms with Crippen molar-refractivity contribution in [2.24, 2.45) is 4.99 Å². The molecule has 2 aromatic carbocycles. The Morgan fingerprint density at radius 3 is 2.33 bits per heavy atom. The molecule has 0 spiro atoms. The number of sulfone groups is 1. The summed E-state index contributed by atoms with van der Waals surface area (Å²) < 4.78 is 41.5. The molecule has 0 atom stereocenters. The van der Waals surface area contributed by atoms with Gasteiger partial charge in [-0.2, -0.15) is 0 Å². The molecule has 2 aromatic rings. The van der Waals surface area contributed by atoms with E-state index < -0.39 is 15.7 Å². The van der Waals surface area contributed by atoms with Crippen LogP contribution >= 0.6 is 0 Å². The fourth-order valence-electron chi connectivity index (χ4n) is 2.45. The van der Waals surface area contributed by atoms with Crippen LogP contribution in [0.5, 0.6) is 5.75 Å². The maximum absolute atomic E-state index is 13.7. The fourth-order valence-corrected chi connectivity index (χ4v) is 3.09. The number of guanidine groups is 1. The molecule has 2 rings (SSSR count). The summed E-state index contributed by atoms with van der Waals surface area (Å²) in [5, 5.41) is 6.29. The van der Waals surface area contributed by atoms with Gasteiger partial charge in [0.2, 0.25) is 0 Å². The van der Waals surface area contributed by atoms with E-state index in [1.54, 1.807) is 43.4 Å². The smallest absolute Gasteiger partial charge is 0.191 e. The van der Waals surface area contributed by atoms with Gasteiger partial charge in [-0.15, -0.1) is 0 Å². The highest BCUT2D eigenvalue weighted by molar-refractivity contribution is 7.90. The predicted octanol–water partition coefficient (Wildman–Crippen LogP) is 2.15. The van der Waals surface area contributed by atoms with Gasteiger partial charge in [0.25, 0.3) is 0 Å². The van der Waals surface area contributed by atoms with Crippen LogP contribution in [0.3, 0.4) is 0 Å². The Hall–Kier alpha value is -2.61. The summed E-state index contributed by atoms with van der Waals surface area (Å²) in [6.07, 6.45) is 1.90. The molecule has 0 aromatic heterocycles. The van der Waals surface area contributed by atoms with Crippen molar-refractivity contribution in [3.8, 4) is 5.75 Å². The number of hydrogen-bond donors (Lipinski definition) is 2. The van der Waals surface area contributed by atoms with Gasteiger partial charge >= 0.3 is 0 Å². The number of hydrogen-bond acceptors (Lipinski definition) is 4. The van der Waals surface area contributed by atoms with Crippen molar-refractivity contribution in [3.63, 3.8) is 0 Å². The number of ether oxygens (including phenoxy) is 1. The van der Waals surface area contributed by atoms with Crippen LogP contribution in [0, 0.1) is 5.82 Å². The molecule has 0 saturated heterocycles. The maximum Gasteiger partial charge on any atom is 0.191 e. The summed E-state index contributed by atoms with van der Waals surface area (Å²) in [6.45, 7) is 1.04. The molecule has 0 bridgehead atoms. The van der Waals surface area contributed by atoms with E-state index in [0.717, 1.165) is 11.1 Å². The summed E-state index contributed by atoms with van der Waals surface area (Å²) in [5.74, 6) is 0.402. The first kappa shape index (κ1) is 20.7. The summed E-state index contributed by atoms with van der Waals surface area (Å²) in [7, 11) is -0.0931. The zero-order valence-electron chi connectivity index (χ0n) is 15.6. The number of aliphatic imine (C=N–C) groups is 1. The zero-order chi connectivity index (χ0) is 19.9. The normalized spacial score (nSPS) is 11.9. The van der Waals surface area contributed by atoms with Crippen LogP contribution in [-0.2, 0) is 22.8 Å². The lowest BCUT2D eigenvalue weighted by molar-refractivity contribution is 0.386. The molecule has 0 aliphatic heterocycles. The number of nitrogens with one attached hydrogen (secondary N) is 2. The molecule has 0 aliphatic rings. The average molecular weight is 393 g/mol. The van der Waals surface area contributed by atoms with Crippen LogP contribution in [-0.4, -0.2) is 41.3 Å². The van der Waals surface area contributed by atoms with Crippen molar-refractivity contribution in [2.45, 2.75) is 17.9 Å². The molecular weight excluding hydrogens is 369 g/mol. The largest absolute Gasteiger partial charge is 0.494 e. The highest BCUT2D eigenvalue weighted by Gasteiger charge is 2.07. The Bertz CT molecular complexity index is 897. The van der Waals surface area contributed by atoms with Gasteiger partial charge < -0.3 is 15.4 Å². The second-order valence-corrected chi connectivity index (χ2v) is 8.00. The first-order chi connectivity index (χ1) is 12.8. The van der Waals surface area contributed by atoms with E-state index >= 15 is 0 Å². The molecule has 146 valence electrons. The Morgan fingerprint density at radius 1 is 1.11 bits per heavy atom. The predicted molar refractivity (Wildman–Crippen MR) is 104 cm³/mol. The third-order valence-electron chi connectivity index (χ3n) is 3.96. The van der Waals surface area contributed by atoms with Crippen molar-refractivity contribution in [3.05, 3.63) is 59.4 Å². The molecule has 6 nitrogen and oxygen atoms in total. The third-order valence-corrected chi connectivity index (χ3v) is 5.09. The first-order valence-corrected chi connectivity index (χ1v) is 10.3. The van der Waals surface area contributed by atoms with Gasteiger partial charge in [0.05, 0.1) is 12.0 Å². The van der Waals surface area contributed by atoms with Crippen molar-refractivity contribution in [1.82, 2.24) is 10.6 Å². The van der Waals surface area contributed by atoms with Gasteiger partial charge in [-0.25, -0.2) is 12.8 Å². The van der Waals surface area contributed by atoms with Crippen LogP contribution in [0.2, 0.25) is 0 Å². The number of halogens is 1. The van der Waals surface area contributed by atoms with Gasteiger partial charge in [0, 0.05) is 26.4 Å². The molecule has 0 unspecified atom stereocenters. The fraction of sp³-hybridized carbons (Fsp3) is 0.316. The van der Waals surface area contributed by atoms with Crippen molar-refractivity contribution >= 4 is 15.8 Å². The van der Waals surface area contributed by atoms with Gasteiger partial charge in [-0.05, 0) is 41.8 Å². The molecule has 0 heterocycles. The second kappa shape index (κ2) is 9.36. The van der Waals surface area contributed by atoms with Gasteiger partial charge in [0.1, 0.15) is 0 Å². The molecule has 0 amide bonds. The molecule has 0 aliphatic carbocycles. The van der Waals surface area contributed by atoms with E-state index in [1.165, 1.54) is 19.4 Å². The van der Waals surface area contributed by atoms with Gasteiger partial charge in [-0.1, -0.05) is 18.2 Å². The standard InChI is InChI=1S/C19H24FN3O3S/c1-21-19(23-13-15-6-9-18(26-2)17(20)12-15)22-11-10-14-4-7-16(8-5-14)27(3,24)25/h4-9,12H,10-11,13H2,1-3H3,(H2,21,22,23). The SMILES string of the molecule is CN=C(NCCc1ccc(S(C)(=O)=O)cc1)NCc1ccc(OC)c(F)c1. The van der Waals surface area contributed by atoms with Crippen LogP contribution in [0.1, 0.15) is 11.1 Å². The summed E-state index contributed by atoms with van der Waals surface area (Å²) in [5.41, 5.74) is 1.79. The summed E-state index contributed by atoms with van der Waals surface area (Å²) >= 11 is 0. The number of rotatable bonds is 7. The summed E-state index contributed by atoms with van der Waals surface area (Å²) in [4.78, 5) is 4.44. The Kier molecular flexibility index (Phi) is 7.18. The lowest BCUT2D eigenvalue weighted by Crippen LogP contribution is -2.37. The second-order valence-electron chi connectivity index (χ2n) is 5.99. The highest BCUT2D eigenvalue weighted by Crippen LogP contribution is 2.17. The topological polar surface area (TPSA) is 79.8 Å². The molecule has 8 heteroatoms. The lowest BCUT2D eigenvalue weighted by atomic mass is 10.1. The minimum Gasteiger partial charge on any atom is -0.494 e. The van der Waals surface area contributed by atoms with Crippen molar-refractivity contribution in [2.75, 3.05) is 27.0 Å². The highest BCUT2D eigenvalue weighted by atomic mass is 32.2. The minimum atomic E-state index is -3.18. The monoisotopic (exact) mass is 393 g/mol. The molecule has 2 N–H and O–H groups in total. The molecule has 0 saturated carbocycles. The van der Waals surface area contributed by atoms with Gasteiger partial charge in [0.15, 0.2) is 27.4 Å². The lowest BCUT2D eigenvalue weighted by Gasteiger charge is -2.12. The molecule has 27 heavy (non-hydrogen) atoms. The van der Waals surface area contributed by atoms with Crippen LogP contribution in [0.4, 0.5) is 4.39 Å². The van der Waals surface area contributed by atoms with Crippen molar-refractivity contribution < 1.29 is 17.5 Å². The van der Waals surface area contributed by atoms with Crippen LogP contribution in [0.15, 0.2) is 52.4 Å². The van der Waals surface area contributed by atoms with Crippen LogP contribution in [0.25, 0.3) is 0 Å². The quantitative estimate of drug-likeness (QED) is 0.557. The number of methoxy groups -OCH3 is 1. The maximum atomic E-state index is 13.7. The Labute approximate surface area is 159 Å². The molecular formula is C19H24FN3O3S. The molecule has 0 radical (unpaired) electrons. The van der Waals surface area contributed by atoms with Gasteiger partial charge in [-0.3, -0.25) is 4.99 Å². The average Bonchev–Trinajstić information content (AvgIpc) is 2.64. The van der Waals surface area contributed by atoms with Crippen molar-refractivity contribution in [1.29, 1.82) is 0 Å². The number of nitrogens with zero attached hydrogens (tertiary/aromatic N) is 1.